The summed E-state index contributed by atoms with van der Waals surface area (Å²) in [6.45, 7) is 3.85. The van der Waals surface area contributed by atoms with Crippen molar-refractivity contribution in [1.82, 2.24) is 10.3 Å². The summed E-state index contributed by atoms with van der Waals surface area (Å²) in [6, 6.07) is 5.62. The van der Waals surface area contributed by atoms with Crippen molar-refractivity contribution >= 4 is 32.7 Å². The summed E-state index contributed by atoms with van der Waals surface area (Å²) in [7, 11) is 1.39. The summed E-state index contributed by atoms with van der Waals surface area (Å²) in [4.78, 5) is 18.6. The first-order valence-electron chi connectivity index (χ1n) is 6.23. The number of benzene rings is 1. The highest BCUT2D eigenvalue weighted by atomic mass is 32.1. The van der Waals surface area contributed by atoms with Crippen LogP contribution in [0.2, 0.25) is 0 Å². The zero-order valence-electron chi connectivity index (χ0n) is 10.7. The SMILES string of the molecule is COC(=O)c1cccc2sc(N3CCNCC3)nc12. The molecular weight excluding hydrogens is 262 g/mol. The van der Waals surface area contributed by atoms with Gasteiger partial charge in [0.1, 0.15) is 0 Å². The molecule has 1 fully saturated rings. The van der Waals surface area contributed by atoms with Crippen molar-refractivity contribution in [2.45, 2.75) is 0 Å². The Hall–Kier alpha value is -1.66. The molecular formula is C13H15N3O2S. The quantitative estimate of drug-likeness (QED) is 0.843. The van der Waals surface area contributed by atoms with Crippen LogP contribution in [-0.2, 0) is 4.74 Å². The van der Waals surface area contributed by atoms with Crippen LogP contribution in [0.15, 0.2) is 18.2 Å². The molecule has 0 atom stereocenters. The Morgan fingerprint density at radius 2 is 2.21 bits per heavy atom. The van der Waals surface area contributed by atoms with E-state index in [0.29, 0.717) is 5.56 Å². The summed E-state index contributed by atoms with van der Waals surface area (Å²) < 4.78 is 5.83. The van der Waals surface area contributed by atoms with Crippen LogP contribution in [0, 0.1) is 0 Å². The molecule has 0 spiro atoms. The first-order valence-corrected chi connectivity index (χ1v) is 7.05. The normalized spacial score (nSPS) is 15.7. The Kier molecular flexibility index (Phi) is 3.35. The number of anilines is 1. The van der Waals surface area contributed by atoms with Gasteiger partial charge in [-0.2, -0.15) is 0 Å². The Bertz CT molecular complexity index is 605. The highest BCUT2D eigenvalue weighted by molar-refractivity contribution is 7.22. The van der Waals surface area contributed by atoms with Gasteiger partial charge < -0.3 is 15.0 Å². The van der Waals surface area contributed by atoms with Gasteiger partial charge in [-0.15, -0.1) is 0 Å². The van der Waals surface area contributed by atoms with Gasteiger partial charge >= 0.3 is 5.97 Å². The number of para-hydroxylation sites is 1. The molecule has 19 heavy (non-hydrogen) atoms. The van der Waals surface area contributed by atoms with Gasteiger partial charge in [-0.25, -0.2) is 9.78 Å². The van der Waals surface area contributed by atoms with Crippen molar-refractivity contribution in [2.24, 2.45) is 0 Å². The fourth-order valence-electron chi connectivity index (χ4n) is 2.20. The van der Waals surface area contributed by atoms with Crippen LogP contribution in [0.3, 0.4) is 0 Å². The molecule has 0 bridgehead atoms. The number of piperazine rings is 1. The van der Waals surface area contributed by atoms with E-state index in [9.17, 15) is 4.79 Å². The third-order valence-corrected chi connectivity index (χ3v) is 4.28. The van der Waals surface area contributed by atoms with Gasteiger partial charge in [0.2, 0.25) is 0 Å². The van der Waals surface area contributed by atoms with E-state index in [1.54, 1.807) is 17.4 Å². The van der Waals surface area contributed by atoms with Crippen molar-refractivity contribution in [2.75, 3.05) is 38.2 Å². The highest BCUT2D eigenvalue weighted by Gasteiger charge is 2.18. The maximum Gasteiger partial charge on any atom is 0.340 e. The number of carbonyl (C=O) groups excluding carboxylic acids is 1. The Morgan fingerprint density at radius 3 is 2.95 bits per heavy atom. The zero-order valence-corrected chi connectivity index (χ0v) is 11.5. The van der Waals surface area contributed by atoms with Crippen LogP contribution in [0.1, 0.15) is 10.4 Å². The van der Waals surface area contributed by atoms with Crippen molar-refractivity contribution in [3.8, 4) is 0 Å². The number of thiazole rings is 1. The van der Waals surface area contributed by atoms with Crippen molar-refractivity contribution < 1.29 is 9.53 Å². The maximum atomic E-state index is 11.7. The predicted octanol–water partition coefficient (Wildman–Crippen LogP) is 1.49. The molecule has 1 aromatic carbocycles. The van der Waals surface area contributed by atoms with E-state index in [1.807, 2.05) is 12.1 Å². The van der Waals surface area contributed by atoms with Crippen molar-refractivity contribution in [3.05, 3.63) is 23.8 Å². The minimum Gasteiger partial charge on any atom is -0.465 e. The molecule has 0 unspecified atom stereocenters. The number of carbonyl (C=O) groups is 1. The standard InChI is InChI=1S/C13H15N3O2S/c1-18-12(17)9-3-2-4-10-11(9)15-13(19-10)16-7-5-14-6-8-16/h2-4,14H,5-8H2,1H3. The topological polar surface area (TPSA) is 54.5 Å². The lowest BCUT2D eigenvalue weighted by atomic mass is 10.2. The Labute approximate surface area is 115 Å². The van der Waals surface area contributed by atoms with E-state index >= 15 is 0 Å². The van der Waals surface area contributed by atoms with Gasteiger partial charge in [0.05, 0.1) is 22.9 Å². The van der Waals surface area contributed by atoms with Gasteiger partial charge in [0.15, 0.2) is 5.13 Å². The number of nitrogens with zero attached hydrogens (tertiary/aromatic N) is 2. The lowest BCUT2D eigenvalue weighted by Gasteiger charge is -2.26. The first kappa shape index (κ1) is 12.4. The molecule has 2 aromatic rings. The molecule has 5 nitrogen and oxygen atoms in total. The van der Waals surface area contributed by atoms with E-state index in [1.165, 1.54) is 7.11 Å². The second-order valence-corrected chi connectivity index (χ2v) is 5.39. The molecule has 0 amide bonds. The maximum absolute atomic E-state index is 11.7. The van der Waals surface area contributed by atoms with E-state index in [0.717, 1.165) is 41.5 Å². The molecule has 2 heterocycles. The number of esters is 1. The summed E-state index contributed by atoms with van der Waals surface area (Å²) in [5.74, 6) is -0.331. The van der Waals surface area contributed by atoms with Gasteiger partial charge in [0.25, 0.3) is 0 Å². The minimum absolute atomic E-state index is 0.331. The van der Waals surface area contributed by atoms with Crippen LogP contribution in [0.5, 0.6) is 0 Å². The number of methoxy groups -OCH3 is 1. The van der Waals surface area contributed by atoms with Crippen molar-refractivity contribution in [1.29, 1.82) is 0 Å². The first-order chi connectivity index (χ1) is 9.29. The van der Waals surface area contributed by atoms with E-state index in [4.69, 9.17) is 4.74 Å². The molecule has 1 aromatic heterocycles. The molecule has 1 aliphatic heterocycles. The summed E-state index contributed by atoms with van der Waals surface area (Å²) in [5, 5.41) is 4.30. The van der Waals surface area contributed by atoms with Gasteiger partial charge in [-0.1, -0.05) is 17.4 Å². The zero-order chi connectivity index (χ0) is 13.2. The average molecular weight is 277 g/mol. The predicted molar refractivity (Wildman–Crippen MR) is 76.0 cm³/mol. The lowest BCUT2D eigenvalue weighted by molar-refractivity contribution is 0.0603. The second-order valence-electron chi connectivity index (χ2n) is 4.38. The summed E-state index contributed by atoms with van der Waals surface area (Å²) in [5.41, 5.74) is 1.28. The summed E-state index contributed by atoms with van der Waals surface area (Å²) in [6.07, 6.45) is 0. The fourth-order valence-corrected chi connectivity index (χ4v) is 3.25. The van der Waals surface area contributed by atoms with E-state index in [2.05, 4.69) is 15.2 Å². The lowest BCUT2D eigenvalue weighted by Crippen LogP contribution is -2.43. The molecule has 1 aliphatic rings. The third-order valence-electron chi connectivity index (χ3n) is 3.20. The molecule has 1 saturated heterocycles. The summed E-state index contributed by atoms with van der Waals surface area (Å²) >= 11 is 1.63. The molecule has 0 radical (unpaired) electrons. The minimum atomic E-state index is -0.331. The molecule has 1 N–H and O–H groups in total. The monoisotopic (exact) mass is 277 g/mol. The van der Waals surface area contributed by atoms with Crippen LogP contribution >= 0.6 is 11.3 Å². The van der Waals surface area contributed by atoms with Crippen LogP contribution < -0.4 is 10.2 Å². The largest absolute Gasteiger partial charge is 0.465 e. The number of fused-ring (bicyclic) bond motifs is 1. The Morgan fingerprint density at radius 1 is 1.42 bits per heavy atom. The molecule has 6 heteroatoms. The number of rotatable bonds is 2. The molecule has 0 saturated carbocycles. The molecule has 3 rings (SSSR count). The average Bonchev–Trinajstić information content (AvgIpc) is 2.91. The smallest absolute Gasteiger partial charge is 0.340 e. The van der Waals surface area contributed by atoms with E-state index in [-0.39, 0.29) is 5.97 Å². The van der Waals surface area contributed by atoms with Crippen LogP contribution in [0.25, 0.3) is 10.2 Å². The number of nitrogens with one attached hydrogen (secondary N) is 1. The number of ether oxygens (including phenoxy) is 1. The van der Waals surface area contributed by atoms with Gasteiger partial charge in [0, 0.05) is 26.2 Å². The molecule has 100 valence electrons. The van der Waals surface area contributed by atoms with Crippen molar-refractivity contribution in [3.63, 3.8) is 0 Å². The fraction of sp³-hybridized carbons (Fsp3) is 0.385. The van der Waals surface area contributed by atoms with Gasteiger partial charge in [-0.05, 0) is 12.1 Å². The number of hydrogen-bond donors (Lipinski definition) is 1. The molecule has 0 aliphatic carbocycles. The third kappa shape index (κ3) is 2.29. The van der Waals surface area contributed by atoms with Gasteiger partial charge in [-0.3, -0.25) is 0 Å². The van der Waals surface area contributed by atoms with Crippen LogP contribution in [0.4, 0.5) is 5.13 Å². The highest BCUT2D eigenvalue weighted by Crippen LogP contribution is 2.31. The second kappa shape index (κ2) is 5.14. The Balaban J connectivity index is 2.02. The number of hydrogen-bond acceptors (Lipinski definition) is 6. The van der Waals surface area contributed by atoms with Crippen LogP contribution in [-0.4, -0.2) is 44.2 Å². The van der Waals surface area contributed by atoms with E-state index < -0.39 is 0 Å². The number of aromatic nitrogens is 1.